The summed E-state index contributed by atoms with van der Waals surface area (Å²) in [5.41, 5.74) is 0.0776. The maximum atomic E-state index is 12.7. The monoisotopic (exact) mass is 287 g/mol. The summed E-state index contributed by atoms with van der Waals surface area (Å²) in [6, 6.07) is 3.06. The number of rotatable bonds is 6. The molecular formula is C12H16F3N5. The van der Waals surface area contributed by atoms with Crippen LogP contribution in [0.25, 0.3) is 5.65 Å². The molecule has 0 aliphatic heterocycles. The second-order valence-electron chi connectivity index (χ2n) is 4.50. The van der Waals surface area contributed by atoms with Crippen LogP contribution in [0, 0.1) is 0 Å². The van der Waals surface area contributed by atoms with E-state index in [1.807, 2.05) is 0 Å². The minimum atomic E-state index is -4.56. The first kappa shape index (κ1) is 14.5. The highest BCUT2D eigenvalue weighted by molar-refractivity contribution is 5.44. The molecule has 2 heterocycles. The zero-order valence-corrected chi connectivity index (χ0v) is 11.1. The van der Waals surface area contributed by atoms with Gasteiger partial charge in [0.1, 0.15) is 5.82 Å². The molecule has 5 nitrogen and oxygen atoms in total. The SMILES string of the molecule is CCCCCCNc1ccc2nnc(C(F)(F)F)n2n1. The lowest BCUT2D eigenvalue weighted by Crippen LogP contribution is -2.13. The third-order valence-electron chi connectivity index (χ3n) is 2.85. The average molecular weight is 287 g/mol. The first-order valence-electron chi connectivity index (χ1n) is 6.56. The van der Waals surface area contributed by atoms with Crippen molar-refractivity contribution in [1.29, 1.82) is 0 Å². The summed E-state index contributed by atoms with van der Waals surface area (Å²) >= 11 is 0. The average Bonchev–Trinajstić information content (AvgIpc) is 2.81. The predicted octanol–water partition coefficient (Wildman–Crippen LogP) is 3.14. The molecule has 0 atom stereocenters. The third-order valence-corrected chi connectivity index (χ3v) is 2.85. The van der Waals surface area contributed by atoms with Crippen molar-refractivity contribution in [1.82, 2.24) is 19.8 Å². The molecule has 0 fully saturated rings. The van der Waals surface area contributed by atoms with Crippen LogP contribution in [0.1, 0.15) is 38.4 Å². The molecule has 20 heavy (non-hydrogen) atoms. The molecule has 110 valence electrons. The lowest BCUT2D eigenvalue weighted by molar-refractivity contribution is -0.146. The van der Waals surface area contributed by atoms with E-state index in [2.05, 4.69) is 27.5 Å². The molecule has 8 heteroatoms. The van der Waals surface area contributed by atoms with E-state index < -0.39 is 12.0 Å². The Kier molecular flexibility index (Phi) is 4.41. The lowest BCUT2D eigenvalue weighted by Gasteiger charge is -2.07. The Morgan fingerprint density at radius 3 is 2.65 bits per heavy atom. The Labute approximate surface area is 114 Å². The summed E-state index contributed by atoms with van der Waals surface area (Å²) in [5.74, 6) is -0.721. The van der Waals surface area contributed by atoms with Gasteiger partial charge in [-0.1, -0.05) is 26.2 Å². The molecule has 2 rings (SSSR count). The summed E-state index contributed by atoms with van der Waals surface area (Å²) in [4.78, 5) is 0. The number of unbranched alkanes of at least 4 members (excludes halogenated alkanes) is 3. The van der Waals surface area contributed by atoms with Gasteiger partial charge in [0.2, 0.25) is 0 Å². The highest BCUT2D eigenvalue weighted by Crippen LogP contribution is 2.27. The summed E-state index contributed by atoms with van der Waals surface area (Å²) in [6.45, 7) is 2.80. The van der Waals surface area contributed by atoms with Gasteiger partial charge < -0.3 is 5.32 Å². The second kappa shape index (κ2) is 6.06. The van der Waals surface area contributed by atoms with Gasteiger partial charge in [-0.25, -0.2) is 0 Å². The molecule has 0 bridgehead atoms. The molecule has 0 radical (unpaired) electrons. The number of aromatic nitrogens is 4. The van der Waals surface area contributed by atoms with Crippen molar-refractivity contribution in [2.45, 2.75) is 38.8 Å². The van der Waals surface area contributed by atoms with Crippen LogP contribution < -0.4 is 5.32 Å². The van der Waals surface area contributed by atoms with Crippen molar-refractivity contribution >= 4 is 11.5 Å². The molecule has 0 unspecified atom stereocenters. The molecule has 2 aromatic rings. The standard InChI is InChI=1S/C12H16F3N5/c1-2-3-4-5-8-16-9-6-7-10-17-18-11(12(13,14)15)20(10)19-9/h6-7H,2-5,8H2,1H3,(H,16,19). The molecule has 0 aliphatic rings. The summed E-state index contributed by atoms with van der Waals surface area (Å²) < 4.78 is 38.8. The Bertz CT molecular complexity index is 564. The van der Waals surface area contributed by atoms with Crippen LogP contribution in [0.15, 0.2) is 12.1 Å². The van der Waals surface area contributed by atoms with Gasteiger partial charge in [-0.2, -0.15) is 17.7 Å². The Balaban J connectivity index is 2.08. The maximum absolute atomic E-state index is 12.7. The first-order valence-corrected chi connectivity index (χ1v) is 6.56. The van der Waals surface area contributed by atoms with Crippen LogP contribution in [0.4, 0.5) is 19.0 Å². The van der Waals surface area contributed by atoms with Gasteiger partial charge >= 0.3 is 6.18 Å². The molecule has 0 saturated carbocycles. The van der Waals surface area contributed by atoms with E-state index in [1.54, 1.807) is 6.07 Å². The fraction of sp³-hybridized carbons (Fsp3) is 0.583. The van der Waals surface area contributed by atoms with Gasteiger partial charge in [0.25, 0.3) is 5.82 Å². The Morgan fingerprint density at radius 2 is 1.95 bits per heavy atom. The number of halogens is 3. The van der Waals surface area contributed by atoms with Crippen molar-refractivity contribution < 1.29 is 13.2 Å². The van der Waals surface area contributed by atoms with Crippen molar-refractivity contribution in [3.05, 3.63) is 18.0 Å². The number of hydrogen-bond acceptors (Lipinski definition) is 4. The number of nitrogens with zero attached hydrogens (tertiary/aromatic N) is 4. The largest absolute Gasteiger partial charge is 0.453 e. The smallest absolute Gasteiger partial charge is 0.369 e. The zero-order chi connectivity index (χ0) is 14.6. The highest BCUT2D eigenvalue weighted by atomic mass is 19.4. The predicted molar refractivity (Wildman–Crippen MR) is 68.4 cm³/mol. The van der Waals surface area contributed by atoms with Gasteiger partial charge in [-0.15, -0.1) is 15.3 Å². The molecule has 0 spiro atoms. The molecular weight excluding hydrogens is 271 g/mol. The number of nitrogens with one attached hydrogen (secondary N) is 1. The van der Waals surface area contributed by atoms with Gasteiger partial charge in [-0.3, -0.25) is 0 Å². The van der Waals surface area contributed by atoms with Crippen LogP contribution in [0.5, 0.6) is 0 Å². The van der Waals surface area contributed by atoms with E-state index in [-0.39, 0.29) is 5.65 Å². The molecule has 0 amide bonds. The van der Waals surface area contributed by atoms with Crippen LogP contribution in [-0.2, 0) is 6.18 Å². The molecule has 1 N–H and O–H groups in total. The second-order valence-corrected chi connectivity index (χ2v) is 4.50. The number of alkyl halides is 3. The quantitative estimate of drug-likeness (QED) is 0.829. The topological polar surface area (TPSA) is 55.1 Å². The van der Waals surface area contributed by atoms with Crippen molar-refractivity contribution in [2.24, 2.45) is 0 Å². The number of hydrogen-bond donors (Lipinski definition) is 1. The van der Waals surface area contributed by atoms with Crippen LogP contribution in [-0.4, -0.2) is 26.4 Å². The normalized spacial score (nSPS) is 12.0. The van der Waals surface area contributed by atoms with E-state index in [0.717, 1.165) is 25.7 Å². The minimum absolute atomic E-state index is 0.0776. The fourth-order valence-corrected chi connectivity index (χ4v) is 1.83. The summed E-state index contributed by atoms with van der Waals surface area (Å²) in [6.07, 6.45) is -0.224. The van der Waals surface area contributed by atoms with Gasteiger partial charge in [0.05, 0.1) is 0 Å². The highest BCUT2D eigenvalue weighted by Gasteiger charge is 2.37. The first-order chi connectivity index (χ1) is 9.52. The molecule has 0 saturated heterocycles. The van der Waals surface area contributed by atoms with E-state index in [4.69, 9.17) is 0 Å². The van der Waals surface area contributed by atoms with Crippen LogP contribution in [0.3, 0.4) is 0 Å². The number of anilines is 1. The molecule has 2 aromatic heterocycles. The van der Waals surface area contributed by atoms with E-state index >= 15 is 0 Å². The van der Waals surface area contributed by atoms with Crippen molar-refractivity contribution in [2.75, 3.05) is 11.9 Å². The van der Waals surface area contributed by atoms with E-state index in [0.29, 0.717) is 16.9 Å². The minimum Gasteiger partial charge on any atom is -0.369 e. The van der Waals surface area contributed by atoms with Gasteiger partial charge in [0, 0.05) is 6.54 Å². The van der Waals surface area contributed by atoms with E-state index in [9.17, 15) is 13.2 Å². The summed E-state index contributed by atoms with van der Waals surface area (Å²) in [7, 11) is 0. The lowest BCUT2D eigenvalue weighted by atomic mass is 10.2. The van der Waals surface area contributed by atoms with Crippen molar-refractivity contribution in [3.63, 3.8) is 0 Å². The number of fused-ring (bicyclic) bond motifs is 1. The third kappa shape index (κ3) is 3.37. The molecule has 0 aliphatic carbocycles. The van der Waals surface area contributed by atoms with Gasteiger partial charge in [0.15, 0.2) is 5.65 Å². The Hall–Kier alpha value is -1.86. The Morgan fingerprint density at radius 1 is 1.15 bits per heavy atom. The maximum Gasteiger partial charge on any atom is 0.453 e. The van der Waals surface area contributed by atoms with Crippen LogP contribution >= 0.6 is 0 Å². The van der Waals surface area contributed by atoms with Crippen LogP contribution in [0.2, 0.25) is 0 Å². The zero-order valence-electron chi connectivity index (χ0n) is 11.1. The fourth-order valence-electron chi connectivity index (χ4n) is 1.83. The summed E-state index contributed by atoms with van der Waals surface area (Å²) in [5, 5.41) is 13.5. The molecule has 0 aromatic carbocycles. The van der Waals surface area contributed by atoms with Gasteiger partial charge in [-0.05, 0) is 18.6 Å². The van der Waals surface area contributed by atoms with Crippen molar-refractivity contribution in [3.8, 4) is 0 Å². The van der Waals surface area contributed by atoms with E-state index in [1.165, 1.54) is 6.07 Å².